The molecule has 1 aromatic rings. The van der Waals surface area contributed by atoms with Crippen LogP contribution in [0.25, 0.3) is 0 Å². The molecule has 0 unspecified atom stereocenters. The summed E-state index contributed by atoms with van der Waals surface area (Å²) in [7, 11) is 0. The second-order valence-electron chi connectivity index (χ2n) is 6.40. The molecular weight excluding hydrogens is 342 g/mol. The van der Waals surface area contributed by atoms with E-state index in [1.54, 1.807) is 13.0 Å². The maximum atomic E-state index is 12.5. The van der Waals surface area contributed by atoms with Gasteiger partial charge in [-0.15, -0.1) is 11.3 Å². The Morgan fingerprint density at radius 2 is 1.92 bits per heavy atom. The number of esters is 1. The molecule has 1 aromatic heterocycles. The Labute approximate surface area is 151 Å². The molecule has 0 aliphatic heterocycles. The van der Waals surface area contributed by atoms with Gasteiger partial charge in [0.1, 0.15) is 5.00 Å². The number of anilines is 1. The quantitative estimate of drug-likeness (QED) is 0.714. The SMILES string of the molecule is CCOC(=O)c1cc(CC)sc1NC(=O)CC1(C(=O)O)CCCCC1. The van der Waals surface area contributed by atoms with Gasteiger partial charge in [0, 0.05) is 11.3 Å². The van der Waals surface area contributed by atoms with Crippen LogP contribution in [0.1, 0.15) is 67.6 Å². The highest BCUT2D eigenvalue weighted by atomic mass is 32.1. The number of amides is 1. The number of ether oxygens (including phenoxy) is 1. The summed E-state index contributed by atoms with van der Waals surface area (Å²) in [4.78, 5) is 37.3. The van der Waals surface area contributed by atoms with Crippen LogP contribution in [0.15, 0.2) is 6.07 Å². The van der Waals surface area contributed by atoms with E-state index in [9.17, 15) is 19.5 Å². The van der Waals surface area contributed by atoms with Crippen molar-refractivity contribution >= 4 is 34.2 Å². The Bertz CT molecular complexity index is 646. The van der Waals surface area contributed by atoms with Crippen molar-refractivity contribution in [1.82, 2.24) is 0 Å². The van der Waals surface area contributed by atoms with Gasteiger partial charge in [0.05, 0.1) is 17.6 Å². The average molecular weight is 367 g/mol. The lowest BCUT2D eigenvalue weighted by Gasteiger charge is -2.32. The molecule has 7 heteroatoms. The number of nitrogens with one attached hydrogen (secondary N) is 1. The van der Waals surface area contributed by atoms with Gasteiger partial charge in [0.25, 0.3) is 0 Å². The second-order valence-corrected chi connectivity index (χ2v) is 7.54. The summed E-state index contributed by atoms with van der Waals surface area (Å²) in [6.45, 7) is 3.95. The van der Waals surface area contributed by atoms with Crippen LogP contribution in [0.3, 0.4) is 0 Å². The highest BCUT2D eigenvalue weighted by molar-refractivity contribution is 7.16. The van der Waals surface area contributed by atoms with E-state index in [4.69, 9.17) is 4.74 Å². The first-order chi connectivity index (χ1) is 11.9. The molecule has 0 saturated heterocycles. The van der Waals surface area contributed by atoms with Gasteiger partial charge in [-0.2, -0.15) is 0 Å². The van der Waals surface area contributed by atoms with Gasteiger partial charge < -0.3 is 15.2 Å². The lowest BCUT2D eigenvalue weighted by molar-refractivity contribution is -0.153. The number of carboxylic acids is 1. The molecule has 0 radical (unpaired) electrons. The van der Waals surface area contributed by atoms with Crippen molar-refractivity contribution < 1.29 is 24.2 Å². The fourth-order valence-electron chi connectivity index (χ4n) is 3.24. The van der Waals surface area contributed by atoms with Crippen LogP contribution in [0.2, 0.25) is 0 Å². The van der Waals surface area contributed by atoms with Gasteiger partial charge in [0.15, 0.2) is 0 Å². The third-order valence-corrected chi connectivity index (χ3v) is 5.84. The van der Waals surface area contributed by atoms with Crippen molar-refractivity contribution in [3.05, 3.63) is 16.5 Å². The lowest BCUT2D eigenvalue weighted by atomic mass is 9.71. The molecule has 1 saturated carbocycles. The molecule has 1 aliphatic rings. The van der Waals surface area contributed by atoms with Crippen LogP contribution in [-0.2, 0) is 20.7 Å². The van der Waals surface area contributed by atoms with Gasteiger partial charge in [0.2, 0.25) is 5.91 Å². The molecule has 0 aromatic carbocycles. The number of thiophene rings is 1. The van der Waals surface area contributed by atoms with Crippen molar-refractivity contribution in [3.63, 3.8) is 0 Å². The van der Waals surface area contributed by atoms with Gasteiger partial charge in [-0.3, -0.25) is 9.59 Å². The Hall–Kier alpha value is -1.89. The first-order valence-electron chi connectivity index (χ1n) is 8.75. The number of rotatable bonds is 7. The third kappa shape index (κ3) is 4.60. The Morgan fingerprint density at radius 3 is 2.48 bits per heavy atom. The zero-order chi connectivity index (χ0) is 18.4. The molecule has 25 heavy (non-hydrogen) atoms. The summed E-state index contributed by atoms with van der Waals surface area (Å²) in [5.74, 6) is -1.74. The minimum atomic E-state index is -0.989. The molecular formula is C18H25NO5S. The van der Waals surface area contributed by atoms with Gasteiger partial charge in [-0.25, -0.2) is 4.79 Å². The minimum absolute atomic E-state index is 0.0655. The molecule has 0 bridgehead atoms. The fourth-order valence-corrected chi connectivity index (χ4v) is 4.24. The zero-order valence-corrected chi connectivity index (χ0v) is 15.5. The maximum absolute atomic E-state index is 12.5. The van der Waals surface area contributed by atoms with Gasteiger partial charge in [-0.1, -0.05) is 26.2 Å². The predicted molar refractivity (Wildman–Crippen MR) is 96.1 cm³/mol. The first-order valence-corrected chi connectivity index (χ1v) is 9.56. The largest absolute Gasteiger partial charge is 0.481 e. The maximum Gasteiger partial charge on any atom is 0.341 e. The Kier molecular flexibility index (Phi) is 6.58. The van der Waals surface area contributed by atoms with E-state index in [0.717, 1.165) is 30.6 Å². The molecule has 2 N–H and O–H groups in total. The summed E-state index contributed by atoms with van der Waals surface area (Å²) in [5.41, 5.74) is -0.651. The highest BCUT2D eigenvalue weighted by Crippen LogP contribution is 2.40. The summed E-state index contributed by atoms with van der Waals surface area (Å²) in [5, 5.41) is 12.8. The van der Waals surface area contributed by atoms with E-state index in [1.165, 1.54) is 11.3 Å². The van der Waals surface area contributed by atoms with Crippen LogP contribution in [-0.4, -0.2) is 29.6 Å². The second kappa shape index (κ2) is 8.47. The van der Waals surface area contributed by atoms with E-state index < -0.39 is 17.4 Å². The Balaban J connectivity index is 2.15. The molecule has 1 heterocycles. The number of aliphatic carboxylic acids is 1. The molecule has 2 rings (SSSR count). The number of hydrogen-bond donors (Lipinski definition) is 2. The standard InChI is InChI=1S/C18H25NO5S/c1-3-12-10-13(16(21)24-4-2)15(25-12)19-14(20)11-18(17(22)23)8-6-5-7-9-18/h10H,3-9,11H2,1-2H3,(H,19,20)(H,22,23). The van der Waals surface area contributed by atoms with Crippen molar-refractivity contribution in [2.45, 2.75) is 58.8 Å². The molecule has 0 spiro atoms. The van der Waals surface area contributed by atoms with Crippen LogP contribution < -0.4 is 5.32 Å². The monoisotopic (exact) mass is 367 g/mol. The minimum Gasteiger partial charge on any atom is -0.481 e. The molecule has 1 aliphatic carbocycles. The predicted octanol–water partition coefficient (Wildman–Crippen LogP) is 3.85. The van der Waals surface area contributed by atoms with Gasteiger partial charge >= 0.3 is 11.9 Å². The number of carboxylic acid groups (broad SMARTS) is 1. The fraction of sp³-hybridized carbons (Fsp3) is 0.611. The van der Waals surface area contributed by atoms with Crippen molar-refractivity contribution in [2.24, 2.45) is 5.41 Å². The smallest absolute Gasteiger partial charge is 0.341 e. The van der Waals surface area contributed by atoms with E-state index in [1.807, 2.05) is 6.92 Å². The highest BCUT2D eigenvalue weighted by Gasteiger charge is 2.41. The van der Waals surface area contributed by atoms with Crippen molar-refractivity contribution in [3.8, 4) is 0 Å². The molecule has 138 valence electrons. The van der Waals surface area contributed by atoms with Crippen LogP contribution >= 0.6 is 11.3 Å². The molecule has 1 amide bonds. The average Bonchev–Trinajstić information content (AvgIpc) is 2.98. The Morgan fingerprint density at radius 1 is 1.24 bits per heavy atom. The molecule has 1 fully saturated rings. The van der Waals surface area contributed by atoms with E-state index >= 15 is 0 Å². The number of aryl methyl sites for hydroxylation is 1. The van der Waals surface area contributed by atoms with Crippen molar-refractivity contribution in [2.75, 3.05) is 11.9 Å². The van der Waals surface area contributed by atoms with E-state index in [0.29, 0.717) is 23.4 Å². The number of carbonyl (C=O) groups excluding carboxylic acids is 2. The summed E-state index contributed by atoms with van der Waals surface area (Å²) < 4.78 is 5.04. The number of carbonyl (C=O) groups is 3. The van der Waals surface area contributed by atoms with Gasteiger partial charge in [-0.05, 0) is 32.3 Å². The summed E-state index contributed by atoms with van der Waals surface area (Å²) in [6, 6.07) is 1.73. The van der Waals surface area contributed by atoms with E-state index in [2.05, 4.69) is 5.32 Å². The lowest BCUT2D eigenvalue weighted by Crippen LogP contribution is -2.37. The van der Waals surface area contributed by atoms with E-state index in [-0.39, 0.29) is 18.9 Å². The molecule has 6 nitrogen and oxygen atoms in total. The molecule has 0 atom stereocenters. The topological polar surface area (TPSA) is 92.7 Å². The first kappa shape index (κ1) is 19.4. The zero-order valence-electron chi connectivity index (χ0n) is 14.7. The normalized spacial score (nSPS) is 16.2. The summed E-state index contributed by atoms with van der Waals surface area (Å²) >= 11 is 1.33. The van der Waals surface area contributed by atoms with Crippen LogP contribution in [0.4, 0.5) is 5.00 Å². The number of hydrogen-bond acceptors (Lipinski definition) is 5. The van der Waals surface area contributed by atoms with Crippen molar-refractivity contribution in [1.29, 1.82) is 0 Å². The van der Waals surface area contributed by atoms with Crippen LogP contribution in [0, 0.1) is 5.41 Å². The third-order valence-electron chi connectivity index (χ3n) is 4.64. The summed E-state index contributed by atoms with van der Waals surface area (Å²) in [6.07, 6.45) is 4.37. The van der Waals surface area contributed by atoms with Crippen LogP contribution in [0.5, 0.6) is 0 Å².